The summed E-state index contributed by atoms with van der Waals surface area (Å²) in [5.41, 5.74) is 1.72. The van der Waals surface area contributed by atoms with Gasteiger partial charge in [0.25, 0.3) is 0 Å². The maximum Gasteiger partial charge on any atom is 0.227 e. The minimum Gasteiger partial charge on any atom is -0.352 e. The number of likely N-dealkylation sites (tertiary alicyclic amines) is 1. The summed E-state index contributed by atoms with van der Waals surface area (Å²) in [7, 11) is 0. The Kier molecular flexibility index (Phi) is 6.16. The second kappa shape index (κ2) is 8.97. The van der Waals surface area contributed by atoms with E-state index in [0.717, 1.165) is 49.8 Å². The maximum absolute atomic E-state index is 12.6. The number of benzene rings is 1. The molecule has 0 spiro atoms. The normalized spacial score (nSPS) is 23.0. The summed E-state index contributed by atoms with van der Waals surface area (Å²) >= 11 is 0. The lowest BCUT2D eigenvalue weighted by atomic mass is 10.1. The molecule has 1 heterocycles. The van der Waals surface area contributed by atoms with Crippen LogP contribution in [0.15, 0.2) is 24.3 Å². The molecule has 0 bridgehead atoms. The molecular formula is C23H31N3O3. The SMILES string of the molecule is O=C(NCc1cccc(NC(=O)C2CCCC2)c1)C1CC(=O)N(C2CCCC2)C1. The van der Waals surface area contributed by atoms with Gasteiger partial charge in [-0.05, 0) is 43.4 Å². The number of hydrogen-bond acceptors (Lipinski definition) is 3. The lowest BCUT2D eigenvalue weighted by molar-refractivity contribution is -0.130. The monoisotopic (exact) mass is 397 g/mol. The van der Waals surface area contributed by atoms with Crippen LogP contribution < -0.4 is 10.6 Å². The third kappa shape index (κ3) is 4.80. The van der Waals surface area contributed by atoms with Crippen LogP contribution in [0, 0.1) is 11.8 Å². The van der Waals surface area contributed by atoms with Crippen molar-refractivity contribution in [3.63, 3.8) is 0 Å². The van der Waals surface area contributed by atoms with Gasteiger partial charge >= 0.3 is 0 Å². The van der Waals surface area contributed by atoms with E-state index in [4.69, 9.17) is 0 Å². The van der Waals surface area contributed by atoms with Gasteiger partial charge in [-0.1, -0.05) is 37.8 Å². The summed E-state index contributed by atoms with van der Waals surface area (Å²) in [5, 5.41) is 5.98. The molecule has 1 atom stereocenters. The number of nitrogens with zero attached hydrogens (tertiary/aromatic N) is 1. The Morgan fingerprint density at radius 3 is 2.45 bits per heavy atom. The van der Waals surface area contributed by atoms with Crippen molar-refractivity contribution < 1.29 is 14.4 Å². The average Bonchev–Trinajstić information content (AvgIpc) is 3.47. The highest BCUT2D eigenvalue weighted by molar-refractivity contribution is 5.93. The number of amides is 3. The lowest BCUT2D eigenvalue weighted by Gasteiger charge is -2.23. The van der Waals surface area contributed by atoms with E-state index in [9.17, 15) is 14.4 Å². The van der Waals surface area contributed by atoms with Gasteiger partial charge in [0, 0.05) is 37.2 Å². The molecule has 6 heteroatoms. The fourth-order valence-electron chi connectivity index (χ4n) is 5.00. The van der Waals surface area contributed by atoms with E-state index in [-0.39, 0.29) is 29.6 Å². The summed E-state index contributed by atoms with van der Waals surface area (Å²) in [6, 6.07) is 7.97. The number of carbonyl (C=O) groups excluding carboxylic acids is 3. The molecule has 2 aliphatic carbocycles. The molecule has 156 valence electrons. The van der Waals surface area contributed by atoms with Gasteiger partial charge in [-0.2, -0.15) is 0 Å². The average molecular weight is 398 g/mol. The van der Waals surface area contributed by atoms with Crippen molar-refractivity contribution in [3.05, 3.63) is 29.8 Å². The van der Waals surface area contributed by atoms with Crippen molar-refractivity contribution >= 4 is 23.4 Å². The van der Waals surface area contributed by atoms with Crippen molar-refractivity contribution in [2.45, 2.75) is 70.4 Å². The number of hydrogen-bond donors (Lipinski definition) is 2. The molecule has 2 N–H and O–H groups in total. The fraction of sp³-hybridized carbons (Fsp3) is 0.609. The number of nitrogens with one attached hydrogen (secondary N) is 2. The molecule has 3 fully saturated rings. The third-order valence-corrected chi connectivity index (χ3v) is 6.68. The van der Waals surface area contributed by atoms with E-state index in [1.165, 1.54) is 12.8 Å². The predicted molar refractivity (Wildman–Crippen MR) is 111 cm³/mol. The number of anilines is 1. The Hall–Kier alpha value is -2.37. The van der Waals surface area contributed by atoms with Crippen LogP contribution in [0.1, 0.15) is 63.4 Å². The molecule has 1 saturated heterocycles. The molecule has 0 radical (unpaired) electrons. The minimum absolute atomic E-state index is 0.0563. The zero-order chi connectivity index (χ0) is 20.2. The largest absolute Gasteiger partial charge is 0.352 e. The fourth-order valence-corrected chi connectivity index (χ4v) is 5.00. The second-order valence-electron chi connectivity index (χ2n) is 8.77. The van der Waals surface area contributed by atoms with Gasteiger partial charge in [0.2, 0.25) is 17.7 Å². The van der Waals surface area contributed by atoms with Crippen LogP contribution >= 0.6 is 0 Å². The highest BCUT2D eigenvalue weighted by atomic mass is 16.2. The predicted octanol–water partition coefficient (Wildman–Crippen LogP) is 3.22. The third-order valence-electron chi connectivity index (χ3n) is 6.68. The van der Waals surface area contributed by atoms with Gasteiger partial charge in [0.05, 0.1) is 5.92 Å². The summed E-state index contributed by atoms with van der Waals surface area (Å²) in [6.07, 6.45) is 9.02. The first kappa shape index (κ1) is 19.9. The van der Waals surface area contributed by atoms with E-state index >= 15 is 0 Å². The first-order valence-corrected chi connectivity index (χ1v) is 11.1. The minimum atomic E-state index is -0.256. The van der Waals surface area contributed by atoms with Gasteiger partial charge in [-0.25, -0.2) is 0 Å². The molecule has 1 aromatic rings. The molecule has 2 saturated carbocycles. The Morgan fingerprint density at radius 1 is 0.966 bits per heavy atom. The Bertz CT molecular complexity index is 766. The van der Waals surface area contributed by atoms with Gasteiger partial charge in [0.15, 0.2) is 0 Å². The molecule has 4 rings (SSSR count). The summed E-state index contributed by atoms with van der Waals surface area (Å²) in [5.74, 6) is 0.0301. The zero-order valence-corrected chi connectivity index (χ0v) is 17.0. The van der Waals surface area contributed by atoms with Crippen molar-refractivity contribution in [2.24, 2.45) is 11.8 Å². The van der Waals surface area contributed by atoms with Crippen LogP contribution in [-0.4, -0.2) is 35.2 Å². The van der Waals surface area contributed by atoms with E-state index in [2.05, 4.69) is 10.6 Å². The van der Waals surface area contributed by atoms with Gasteiger partial charge in [-0.3, -0.25) is 14.4 Å². The molecule has 1 aliphatic heterocycles. The van der Waals surface area contributed by atoms with Crippen molar-refractivity contribution in [2.75, 3.05) is 11.9 Å². The standard InChI is InChI=1S/C23H31N3O3/c27-21-13-18(15-26(21)20-10-3-4-11-20)22(28)24-14-16-6-5-9-19(12-16)25-23(29)17-7-1-2-8-17/h5-6,9,12,17-18,20H,1-4,7-8,10-11,13-15H2,(H,24,28)(H,25,29). The highest BCUT2D eigenvalue weighted by Crippen LogP contribution is 2.29. The molecule has 6 nitrogen and oxygen atoms in total. The van der Waals surface area contributed by atoms with E-state index in [0.29, 0.717) is 25.6 Å². The summed E-state index contributed by atoms with van der Waals surface area (Å²) in [6.45, 7) is 0.951. The molecule has 3 amide bonds. The van der Waals surface area contributed by atoms with Gasteiger partial charge in [0.1, 0.15) is 0 Å². The molecule has 1 unspecified atom stereocenters. The van der Waals surface area contributed by atoms with E-state index in [1.807, 2.05) is 29.2 Å². The van der Waals surface area contributed by atoms with Crippen LogP contribution in [0.4, 0.5) is 5.69 Å². The van der Waals surface area contributed by atoms with Crippen LogP contribution in [0.5, 0.6) is 0 Å². The van der Waals surface area contributed by atoms with E-state index < -0.39 is 0 Å². The molecule has 3 aliphatic rings. The first-order chi connectivity index (χ1) is 14.1. The van der Waals surface area contributed by atoms with Crippen molar-refractivity contribution in [1.82, 2.24) is 10.2 Å². The van der Waals surface area contributed by atoms with Crippen LogP contribution in [-0.2, 0) is 20.9 Å². The molecule has 0 aromatic heterocycles. The smallest absolute Gasteiger partial charge is 0.227 e. The maximum atomic E-state index is 12.6. The van der Waals surface area contributed by atoms with Crippen LogP contribution in [0.2, 0.25) is 0 Å². The molecule has 1 aromatic carbocycles. The summed E-state index contributed by atoms with van der Waals surface area (Å²) in [4.78, 5) is 39.2. The van der Waals surface area contributed by atoms with E-state index in [1.54, 1.807) is 0 Å². The Morgan fingerprint density at radius 2 is 1.69 bits per heavy atom. The Labute approximate surface area is 172 Å². The quantitative estimate of drug-likeness (QED) is 0.774. The van der Waals surface area contributed by atoms with Crippen molar-refractivity contribution in [3.8, 4) is 0 Å². The molecule has 29 heavy (non-hydrogen) atoms. The lowest BCUT2D eigenvalue weighted by Crippen LogP contribution is -2.36. The summed E-state index contributed by atoms with van der Waals surface area (Å²) < 4.78 is 0. The van der Waals surface area contributed by atoms with Crippen molar-refractivity contribution in [1.29, 1.82) is 0 Å². The number of rotatable bonds is 6. The zero-order valence-electron chi connectivity index (χ0n) is 17.0. The second-order valence-corrected chi connectivity index (χ2v) is 8.77. The van der Waals surface area contributed by atoms with Crippen LogP contribution in [0.3, 0.4) is 0 Å². The number of carbonyl (C=O) groups is 3. The van der Waals surface area contributed by atoms with Gasteiger partial charge in [-0.15, -0.1) is 0 Å². The Balaban J connectivity index is 1.28. The van der Waals surface area contributed by atoms with Crippen LogP contribution in [0.25, 0.3) is 0 Å². The molecular weight excluding hydrogens is 366 g/mol. The highest BCUT2D eigenvalue weighted by Gasteiger charge is 2.38. The first-order valence-electron chi connectivity index (χ1n) is 11.1. The van der Waals surface area contributed by atoms with Gasteiger partial charge < -0.3 is 15.5 Å². The topological polar surface area (TPSA) is 78.5 Å².